The molecule has 120 valence electrons. The first-order valence-corrected chi connectivity index (χ1v) is 8.93. The molecule has 0 aromatic carbocycles. The van der Waals surface area contributed by atoms with E-state index in [0.29, 0.717) is 11.8 Å². The summed E-state index contributed by atoms with van der Waals surface area (Å²) in [6.45, 7) is 7.35. The van der Waals surface area contributed by atoms with E-state index < -0.39 is 0 Å². The molecule has 0 aromatic heterocycles. The molecule has 21 heavy (non-hydrogen) atoms. The molecular weight excluding hydrogens is 262 g/mol. The highest BCUT2D eigenvalue weighted by atomic mass is 16.2. The molecule has 0 bridgehead atoms. The quantitative estimate of drug-likeness (QED) is 0.794. The van der Waals surface area contributed by atoms with Gasteiger partial charge in [-0.3, -0.25) is 4.79 Å². The maximum atomic E-state index is 11.6. The Morgan fingerprint density at radius 2 is 1.71 bits per heavy atom. The van der Waals surface area contributed by atoms with Gasteiger partial charge in [-0.1, -0.05) is 6.42 Å². The fraction of sp³-hybridized carbons (Fsp3) is 0.941. The van der Waals surface area contributed by atoms with Crippen LogP contribution in [-0.4, -0.2) is 73.0 Å². The summed E-state index contributed by atoms with van der Waals surface area (Å²) < 4.78 is 0. The number of nitrogens with zero attached hydrogens (tertiary/aromatic N) is 3. The number of carbonyl (C=O) groups excluding carboxylic acids is 1. The van der Waals surface area contributed by atoms with Gasteiger partial charge in [-0.2, -0.15) is 0 Å². The number of piperidine rings is 3. The van der Waals surface area contributed by atoms with E-state index in [4.69, 9.17) is 0 Å². The van der Waals surface area contributed by atoms with E-state index in [9.17, 15) is 4.79 Å². The second-order valence-electron chi connectivity index (χ2n) is 7.31. The number of likely N-dealkylation sites (tertiary alicyclic amines) is 3. The van der Waals surface area contributed by atoms with E-state index in [-0.39, 0.29) is 0 Å². The molecule has 0 radical (unpaired) electrons. The second kappa shape index (κ2) is 7.10. The zero-order valence-corrected chi connectivity index (χ0v) is 13.6. The Kier molecular flexibility index (Phi) is 5.17. The smallest absolute Gasteiger partial charge is 0.222 e. The Labute approximate surface area is 129 Å². The number of hydrogen-bond donors (Lipinski definition) is 0. The van der Waals surface area contributed by atoms with Crippen LogP contribution in [-0.2, 0) is 4.79 Å². The van der Waals surface area contributed by atoms with Crippen molar-refractivity contribution >= 4 is 5.91 Å². The Bertz CT molecular complexity index is 346. The fourth-order valence-electron chi connectivity index (χ4n) is 4.36. The van der Waals surface area contributed by atoms with E-state index in [0.717, 1.165) is 25.4 Å². The van der Waals surface area contributed by atoms with Gasteiger partial charge in [-0.05, 0) is 64.2 Å². The van der Waals surface area contributed by atoms with Crippen LogP contribution in [0.3, 0.4) is 0 Å². The number of hydrogen-bond acceptors (Lipinski definition) is 3. The third-order valence-electron chi connectivity index (χ3n) is 5.70. The van der Waals surface area contributed by atoms with Crippen molar-refractivity contribution in [1.82, 2.24) is 14.7 Å². The van der Waals surface area contributed by atoms with Gasteiger partial charge >= 0.3 is 0 Å². The highest BCUT2D eigenvalue weighted by molar-refractivity contribution is 5.76. The van der Waals surface area contributed by atoms with Crippen LogP contribution in [0.25, 0.3) is 0 Å². The van der Waals surface area contributed by atoms with Gasteiger partial charge in [0.25, 0.3) is 0 Å². The molecule has 3 rings (SSSR count). The van der Waals surface area contributed by atoms with Crippen LogP contribution in [0, 0.1) is 5.92 Å². The van der Waals surface area contributed by atoms with Crippen LogP contribution >= 0.6 is 0 Å². The lowest BCUT2D eigenvalue weighted by Crippen LogP contribution is -2.49. The molecular formula is C17H31N3O. The lowest BCUT2D eigenvalue weighted by molar-refractivity contribution is -0.133. The van der Waals surface area contributed by atoms with Gasteiger partial charge in [0.2, 0.25) is 5.91 Å². The van der Waals surface area contributed by atoms with Crippen LogP contribution in [0.4, 0.5) is 0 Å². The van der Waals surface area contributed by atoms with Gasteiger partial charge in [0.05, 0.1) is 0 Å². The van der Waals surface area contributed by atoms with Crippen molar-refractivity contribution in [2.75, 3.05) is 46.3 Å². The topological polar surface area (TPSA) is 26.8 Å². The number of amides is 1. The van der Waals surface area contributed by atoms with Crippen LogP contribution in [0.15, 0.2) is 0 Å². The molecule has 4 heteroatoms. The first-order valence-electron chi connectivity index (χ1n) is 8.93. The van der Waals surface area contributed by atoms with Gasteiger partial charge in [0, 0.05) is 32.6 Å². The summed E-state index contributed by atoms with van der Waals surface area (Å²) >= 11 is 0. The molecule has 1 amide bonds. The summed E-state index contributed by atoms with van der Waals surface area (Å²) in [5.74, 6) is 1.02. The van der Waals surface area contributed by atoms with Crippen LogP contribution in [0.1, 0.15) is 44.9 Å². The molecule has 0 N–H and O–H groups in total. The van der Waals surface area contributed by atoms with Crippen molar-refractivity contribution in [1.29, 1.82) is 0 Å². The molecule has 0 aliphatic carbocycles. The van der Waals surface area contributed by atoms with Crippen molar-refractivity contribution in [3.8, 4) is 0 Å². The fourth-order valence-corrected chi connectivity index (χ4v) is 4.36. The maximum Gasteiger partial charge on any atom is 0.222 e. The van der Waals surface area contributed by atoms with E-state index in [2.05, 4.69) is 9.80 Å². The summed E-state index contributed by atoms with van der Waals surface area (Å²) in [5.41, 5.74) is 0. The molecule has 4 nitrogen and oxygen atoms in total. The van der Waals surface area contributed by atoms with Gasteiger partial charge in [-0.15, -0.1) is 0 Å². The Morgan fingerprint density at radius 1 is 1.00 bits per heavy atom. The average molecular weight is 293 g/mol. The van der Waals surface area contributed by atoms with Crippen molar-refractivity contribution < 1.29 is 4.79 Å². The average Bonchev–Trinajstić information content (AvgIpc) is 2.53. The van der Waals surface area contributed by atoms with E-state index in [1.165, 1.54) is 64.8 Å². The molecule has 1 unspecified atom stereocenters. The number of carbonyl (C=O) groups is 1. The first kappa shape index (κ1) is 15.3. The summed E-state index contributed by atoms with van der Waals surface area (Å²) in [7, 11) is 1.96. The van der Waals surface area contributed by atoms with Gasteiger partial charge in [0.15, 0.2) is 0 Å². The number of rotatable bonds is 3. The van der Waals surface area contributed by atoms with Gasteiger partial charge < -0.3 is 14.7 Å². The van der Waals surface area contributed by atoms with Crippen molar-refractivity contribution in [3.05, 3.63) is 0 Å². The van der Waals surface area contributed by atoms with Crippen molar-refractivity contribution in [2.45, 2.75) is 51.0 Å². The molecule has 3 fully saturated rings. The highest BCUT2D eigenvalue weighted by Crippen LogP contribution is 2.23. The summed E-state index contributed by atoms with van der Waals surface area (Å²) in [5, 5.41) is 0. The first-order chi connectivity index (χ1) is 10.2. The minimum Gasteiger partial charge on any atom is -0.345 e. The summed E-state index contributed by atoms with van der Waals surface area (Å²) in [4.78, 5) is 18.9. The zero-order valence-electron chi connectivity index (χ0n) is 13.6. The van der Waals surface area contributed by atoms with E-state index >= 15 is 0 Å². The molecule has 0 spiro atoms. The predicted octanol–water partition coefficient (Wildman–Crippen LogP) is 1.81. The lowest BCUT2D eigenvalue weighted by Gasteiger charge is -2.41. The normalized spacial score (nSPS) is 30.8. The Balaban J connectivity index is 1.40. The Morgan fingerprint density at radius 3 is 2.38 bits per heavy atom. The van der Waals surface area contributed by atoms with Gasteiger partial charge in [0.1, 0.15) is 0 Å². The minimum atomic E-state index is 0.329. The van der Waals surface area contributed by atoms with Crippen LogP contribution < -0.4 is 0 Å². The molecule has 3 aliphatic heterocycles. The van der Waals surface area contributed by atoms with Crippen molar-refractivity contribution in [3.63, 3.8) is 0 Å². The maximum absolute atomic E-state index is 11.6. The SMILES string of the molecule is CN1CC(CN2CCC(N3CCCCC3)CC2)CCC1=O. The van der Waals surface area contributed by atoms with Crippen LogP contribution in [0.2, 0.25) is 0 Å². The molecule has 3 aliphatic rings. The van der Waals surface area contributed by atoms with Crippen LogP contribution in [0.5, 0.6) is 0 Å². The van der Waals surface area contributed by atoms with E-state index in [1.807, 2.05) is 11.9 Å². The molecule has 0 aromatic rings. The predicted molar refractivity (Wildman–Crippen MR) is 85.2 cm³/mol. The Hall–Kier alpha value is -0.610. The van der Waals surface area contributed by atoms with E-state index in [1.54, 1.807) is 0 Å². The second-order valence-corrected chi connectivity index (χ2v) is 7.31. The largest absolute Gasteiger partial charge is 0.345 e. The third kappa shape index (κ3) is 3.98. The minimum absolute atomic E-state index is 0.329. The molecule has 3 saturated heterocycles. The lowest BCUT2D eigenvalue weighted by atomic mass is 9.95. The third-order valence-corrected chi connectivity index (χ3v) is 5.70. The summed E-state index contributed by atoms with van der Waals surface area (Å²) in [6.07, 6.45) is 8.79. The van der Waals surface area contributed by atoms with Gasteiger partial charge in [-0.25, -0.2) is 0 Å². The highest BCUT2D eigenvalue weighted by Gasteiger charge is 2.28. The standard InChI is InChI=1S/C17H31N3O/c1-18-13-15(5-6-17(18)21)14-19-11-7-16(8-12-19)20-9-3-2-4-10-20/h15-16H,2-14H2,1H3. The zero-order chi connectivity index (χ0) is 14.7. The molecule has 1 atom stereocenters. The molecule has 0 saturated carbocycles. The summed E-state index contributed by atoms with van der Waals surface area (Å²) in [6, 6.07) is 0.845. The van der Waals surface area contributed by atoms with Crippen molar-refractivity contribution in [2.24, 2.45) is 5.92 Å². The molecule has 3 heterocycles. The monoisotopic (exact) mass is 293 g/mol.